The molecule has 0 saturated heterocycles. The molecule has 0 saturated carbocycles. The molecule has 1 N–H and O–H groups in total. The molecule has 0 fully saturated rings. The maximum absolute atomic E-state index is 12.3. The van der Waals surface area contributed by atoms with Crippen LogP contribution in [0.15, 0.2) is 83.5 Å². The van der Waals surface area contributed by atoms with E-state index in [2.05, 4.69) is 10.5 Å². The average molecular weight is 358 g/mol. The molecule has 0 aliphatic carbocycles. The van der Waals surface area contributed by atoms with Gasteiger partial charge in [0.15, 0.2) is 6.10 Å². The van der Waals surface area contributed by atoms with E-state index < -0.39 is 6.10 Å². The Morgan fingerprint density at radius 3 is 2.52 bits per heavy atom. The highest BCUT2D eigenvalue weighted by Crippen LogP contribution is 2.26. The average Bonchev–Trinajstić information content (AvgIpc) is 2.69. The minimum atomic E-state index is -0.661. The van der Waals surface area contributed by atoms with E-state index in [0.29, 0.717) is 5.75 Å². The Kier molecular flexibility index (Phi) is 6.00. The number of ether oxygens (including phenoxy) is 1. The summed E-state index contributed by atoms with van der Waals surface area (Å²) >= 11 is 0. The van der Waals surface area contributed by atoms with Crippen LogP contribution in [0.3, 0.4) is 0 Å². The van der Waals surface area contributed by atoms with Gasteiger partial charge in [-0.2, -0.15) is 5.10 Å². The van der Waals surface area contributed by atoms with Crippen LogP contribution in [0.25, 0.3) is 16.8 Å². The fourth-order valence-corrected chi connectivity index (χ4v) is 2.68. The van der Waals surface area contributed by atoms with Crippen molar-refractivity contribution in [3.8, 4) is 5.75 Å². The summed E-state index contributed by atoms with van der Waals surface area (Å²) in [4.78, 5) is 12.3. The SMILES string of the molecule is CC(/C=N\NC(=O)[C@H](C)Oc1cccc2ccccc12)=C/c1ccccc1. The predicted molar refractivity (Wildman–Crippen MR) is 111 cm³/mol. The van der Waals surface area contributed by atoms with Crippen molar-refractivity contribution in [2.24, 2.45) is 5.10 Å². The zero-order valence-electron chi connectivity index (χ0n) is 15.4. The second-order valence-corrected chi connectivity index (χ2v) is 6.27. The van der Waals surface area contributed by atoms with Crippen LogP contribution in [0.5, 0.6) is 5.75 Å². The van der Waals surface area contributed by atoms with Gasteiger partial charge in [-0.3, -0.25) is 4.79 Å². The first kappa shape index (κ1) is 18.4. The lowest BCUT2D eigenvalue weighted by Gasteiger charge is -2.14. The smallest absolute Gasteiger partial charge is 0.280 e. The number of nitrogens with one attached hydrogen (secondary N) is 1. The predicted octanol–water partition coefficient (Wildman–Crippen LogP) is 4.81. The second-order valence-electron chi connectivity index (χ2n) is 6.27. The topological polar surface area (TPSA) is 50.7 Å². The van der Waals surface area contributed by atoms with Gasteiger partial charge in [0.1, 0.15) is 5.75 Å². The van der Waals surface area contributed by atoms with Gasteiger partial charge in [-0.05, 0) is 36.4 Å². The zero-order chi connectivity index (χ0) is 19.1. The van der Waals surface area contributed by atoms with Crippen LogP contribution in [0, 0.1) is 0 Å². The van der Waals surface area contributed by atoms with Crippen molar-refractivity contribution in [1.29, 1.82) is 0 Å². The molecule has 0 aromatic heterocycles. The van der Waals surface area contributed by atoms with E-state index in [1.807, 2.05) is 85.8 Å². The number of fused-ring (bicyclic) bond motifs is 1. The molecule has 1 atom stereocenters. The normalized spacial score (nSPS) is 12.9. The number of hydrogen-bond donors (Lipinski definition) is 1. The largest absolute Gasteiger partial charge is 0.480 e. The zero-order valence-corrected chi connectivity index (χ0v) is 15.4. The third-order valence-corrected chi connectivity index (χ3v) is 4.06. The van der Waals surface area contributed by atoms with Gasteiger partial charge < -0.3 is 4.74 Å². The minimum Gasteiger partial charge on any atom is -0.480 e. The van der Waals surface area contributed by atoms with Crippen molar-refractivity contribution < 1.29 is 9.53 Å². The van der Waals surface area contributed by atoms with Crippen LogP contribution in [0.1, 0.15) is 19.4 Å². The van der Waals surface area contributed by atoms with Gasteiger partial charge in [-0.25, -0.2) is 5.43 Å². The maximum atomic E-state index is 12.3. The molecule has 0 bridgehead atoms. The van der Waals surface area contributed by atoms with Crippen molar-refractivity contribution in [3.05, 3.63) is 83.9 Å². The molecule has 0 aliphatic rings. The van der Waals surface area contributed by atoms with Crippen molar-refractivity contribution in [1.82, 2.24) is 5.43 Å². The third-order valence-electron chi connectivity index (χ3n) is 4.06. The van der Waals surface area contributed by atoms with E-state index >= 15 is 0 Å². The number of rotatable bonds is 6. The quantitative estimate of drug-likeness (QED) is 0.508. The molecule has 3 aromatic carbocycles. The lowest BCUT2D eigenvalue weighted by atomic mass is 10.1. The lowest BCUT2D eigenvalue weighted by Crippen LogP contribution is -2.33. The van der Waals surface area contributed by atoms with Gasteiger partial charge in [0.05, 0.1) is 6.21 Å². The number of benzene rings is 3. The Morgan fingerprint density at radius 1 is 1.00 bits per heavy atom. The number of carbonyl (C=O) groups excluding carboxylic acids is 1. The highest BCUT2D eigenvalue weighted by molar-refractivity contribution is 5.89. The number of amides is 1. The molecule has 0 unspecified atom stereocenters. The van der Waals surface area contributed by atoms with E-state index in [0.717, 1.165) is 21.9 Å². The van der Waals surface area contributed by atoms with Gasteiger partial charge in [-0.15, -0.1) is 0 Å². The van der Waals surface area contributed by atoms with Crippen molar-refractivity contribution in [3.63, 3.8) is 0 Å². The Balaban J connectivity index is 1.60. The molecule has 0 radical (unpaired) electrons. The summed E-state index contributed by atoms with van der Waals surface area (Å²) in [6.07, 6.45) is 2.95. The summed E-state index contributed by atoms with van der Waals surface area (Å²) < 4.78 is 5.84. The molecule has 4 nitrogen and oxygen atoms in total. The fourth-order valence-electron chi connectivity index (χ4n) is 2.68. The first-order valence-electron chi connectivity index (χ1n) is 8.84. The molecule has 1 amide bonds. The second kappa shape index (κ2) is 8.81. The Morgan fingerprint density at radius 2 is 1.70 bits per heavy atom. The third kappa shape index (κ3) is 5.05. The van der Waals surface area contributed by atoms with Crippen LogP contribution in [0.4, 0.5) is 0 Å². The van der Waals surface area contributed by atoms with E-state index in [1.54, 1.807) is 13.1 Å². The molecule has 3 rings (SSSR count). The van der Waals surface area contributed by atoms with Gasteiger partial charge in [-0.1, -0.05) is 72.8 Å². The number of hydrogen-bond acceptors (Lipinski definition) is 3. The van der Waals surface area contributed by atoms with Crippen molar-refractivity contribution >= 4 is 29.0 Å². The van der Waals surface area contributed by atoms with Crippen LogP contribution in [-0.4, -0.2) is 18.2 Å². The first-order valence-corrected chi connectivity index (χ1v) is 8.84. The molecule has 3 aromatic rings. The monoisotopic (exact) mass is 358 g/mol. The summed E-state index contributed by atoms with van der Waals surface area (Å²) in [5.41, 5.74) is 4.55. The Hall–Kier alpha value is -3.40. The fraction of sp³-hybridized carbons (Fsp3) is 0.130. The summed E-state index contributed by atoms with van der Waals surface area (Å²) in [6, 6.07) is 23.6. The summed E-state index contributed by atoms with van der Waals surface area (Å²) in [5.74, 6) is 0.381. The van der Waals surface area contributed by atoms with Crippen LogP contribution >= 0.6 is 0 Å². The summed E-state index contributed by atoms with van der Waals surface area (Å²) in [7, 11) is 0. The van der Waals surface area contributed by atoms with Gasteiger partial charge >= 0.3 is 0 Å². The molecule has 0 spiro atoms. The number of carbonyl (C=O) groups is 1. The number of allylic oxidation sites excluding steroid dienone is 1. The molecular weight excluding hydrogens is 336 g/mol. The Bertz CT molecular complexity index is 973. The molecule has 136 valence electrons. The Labute approximate surface area is 159 Å². The van der Waals surface area contributed by atoms with Crippen LogP contribution in [-0.2, 0) is 4.79 Å². The molecular formula is C23H22N2O2. The van der Waals surface area contributed by atoms with Gasteiger partial charge in [0.25, 0.3) is 5.91 Å². The molecule has 4 heteroatoms. The van der Waals surface area contributed by atoms with Crippen LogP contribution in [0.2, 0.25) is 0 Å². The highest BCUT2D eigenvalue weighted by Gasteiger charge is 2.15. The minimum absolute atomic E-state index is 0.299. The highest BCUT2D eigenvalue weighted by atomic mass is 16.5. The van der Waals surface area contributed by atoms with Gasteiger partial charge in [0.2, 0.25) is 0 Å². The van der Waals surface area contributed by atoms with Crippen molar-refractivity contribution in [2.75, 3.05) is 0 Å². The van der Waals surface area contributed by atoms with E-state index in [4.69, 9.17) is 4.74 Å². The van der Waals surface area contributed by atoms with Crippen LogP contribution < -0.4 is 10.2 Å². The summed E-state index contributed by atoms with van der Waals surface area (Å²) in [5, 5.41) is 6.07. The lowest BCUT2D eigenvalue weighted by molar-refractivity contribution is -0.127. The summed E-state index contributed by atoms with van der Waals surface area (Å²) in [6.45, 7) is 3.64. The molecule has 0 heterocycles. The molecule has 0 aliphatic heterocycles. The van der Waals surface area contributed by atoms with E-state index in [9.17, 15) is 4.79 Å². The maximum Gasteiger partial charge on any atom is 0.280 e. The number of hydrazone groups is 1. The first-order chi connectivity index (χ1) is 13.1. The van der Waals surface area contributed by atoms with Gasteiger partial charge in [0, 0.05) is 5.39 Å². The number of nitrogens with zero attached hydrogens (tertiary/aromatic N) is 1. The van der Waals surface area contributed by atoms with Crippen molar-refractivity contribution in [2.45, 2.75) is 20.0 Å². The standard InChI is InChI=1S/C23H22N2O2/c1-17(15-19-9-4-3-5-10-19)16-24-25-23(26)18(2)27-22-14-8-12-20-11-6-7-13-21(20)22/h3-16,18H,1-2H3,(H,25,26)/b17-15-,24-16-/t18-/m0/s1. The van der Waals surface area contributed by atoms with E-state index in [1.165, 1.54) is 0 Å². The molecule has 27 heavy (non-hydrogen) atoms. The van der Waals surface area contributed by atoms with E-state index in [-0.39, 0.29) is 5.91 Å².